The predicted molar refractivity (Wildman–Crippen MR) is 87.3 cm³/mol. The molecule has 0 atom stereocenters. The topological polar surface area (TPSA) is 25.8 Å². The van der Waals surface area contributed by atoms with Gasteiger partial charge in [0, 0.05) is 10.4 Å². The van der Waals surface area contributed by atoms with Crippen molar-refractivity contribution in [3.05, 3.63) is 45.0 Å². The largest absolute Gasteiger partial charge is 0.204 e. The Morgan fingerprint density at radius 2 is 2.15 bits per heavy atom. The van der Waals surface area contributed by atoms with Crippen molar-refractivity contribution in [1.82, 2.24) is 8.75 Å². The summed E-state index contributed by atoms with van der Waals surface area (Å²) in [5, 5.41) is 2.09. The Kier molecular flexibility index (Phi) is 3.90. The van der Waals surface area contributed by atoms with Crippen LogP contribution in [0.4, 0.5) is 4.39 Å². The van der Waals surface area contributed by atoms with Crippen molar-refractivity contribution in [2.45, 2.75) is 6.42 Å². The molecule has 0 aliphatic rings. The van der Waals surface area contributed by atoms with Crippen LogP contribution in [0.25, 0.3) is 21.5 Å². The Morgan fingerprint density at radius 3 is 2.90 bits per heavy atom. The van der Waals surface area contributed by atoms with E-state index < -0.39 is 5.82 Å². The molecule has 0 saturated carbocycles. The molecule has 0 N–H and O–H groups in total. The molecular weight excluding hydrogens is 383 g/mol. The lowest BCUT2D eigenvalue weighted by Gasteiger charge is -2.05. The molecule has 0 fully saturated rings. The Bertz CT molecular complexity index is 812. The second-order valence-electron chi connectivity index (χ2n) is 4.09. The number of fused-ring (bicyclic) bond motifs is 1. The van der Waals surface area contributed by atoms with Gasteiger partial charge in [-0.25, -0.2) is 4.39 Å². The SMILES string of the molecule is C=CCc1csc(-c2c(Cl)c(F)c(Br)c3nsnc23)c1. The van der Waals surface area contributed by atoms with E-state index in [0.29, 0.717) is 16.6 Å². The molecule has 0 amide bonds. The van der Waals surface area contributed by atoms with E-state index in [-0.39, 0.29) is 9.50 Å². The lowest BCUT2D eigenvalue weighted by atomic mass is 10.1. The summed E-state index contributed by atoms with van der Waals surface area (Å²) in [6.45, 7) is 3.71. The molecule has 20 heavy (non-hydrogen) atoms. The molecule has 2 aromatic heterocycles. The summed E-state index contributed by atoms with van der Waals surface area (Å²) in [5.74, 6) is -0.500. The number of hydrogen-bond donors (Lipinski definition) is 0. The van der Waals surface area contributed by atoms with E-state index in [1.54, 1.807) is 0 Å². The number of halogens is 3. The van der Waals surface area contributed by atoms with Crippen molar-refractivity contribution in [2.75, 3.05) is 0 Å². The van der Waals surface area contributed by atoms with Crippen molar-refractivity contribution in [3.8, 4) is 10.4 Å². The molecule has 0 bridgehead atoms. The first kappa shape index (κ1) is 14.1. The van der Waals surface area contributed by atoms with E-state index in [1.165, 1.54) is 11.3 Å². The van der Waals surface area contributed by atoms with Crippen LogP contribution in [0.1, 0.15) is 5.56 Å². The lowest BCUT2D eigenvalue weighted by molar-refractivity contribution is 0.624. The van der Waals surface area contributed by atoms with Gasteiger partial charge < -0.3 is 0 Å². The number of aromatic nitrogens is 2. The van der Waals surface area contributed by atoms with Crippen molar-refractivity contribution in [3.63, 3.8) is 0 Å². The zero-order valence-corrected chi connectivity index (χ0v) is 14.0. The van der Waals surface area contributed by atoms with E-state index in [2.05, 4.69) is 31.3 Å². The highest BCUT2D eigenvalue weighted by atomic mass is 79.9. The highest BCUT2D eigenvalue weighted by Gasteiger charge is 2.22. The average Bonchev–Trinajstić information content (AvgIpc) is 3.07. The van der Waals surface area contributed by atoms with Crippen LogP contribution in [-0.2, 0) is 6.42 Å². The molecule has 102 valence electrons. The molecule has 1 aromatic carbocycles. The third-order valence-electron chi connectivity index (χ3n) is 2.82. The van der Waals surface area contributed by atoms with Gasteiger partial charge in [0.15, 0.2) is 5.82 Å². The number of hydrogen-bond acceptors (Lipinski definition) is 4. The number of rotatable bonds is 3. The molecular formula is C13H7BrClFN2S2. The summed E-state index contributed by atoms with van der Waals surface area (Å²) < 4.78 is 22.8. The minimum Gasteiger partial charge on any atom is -0.204 e. The van der Waals surface area contributed by atoms with Gasteiger partial charge in [-0.05, 0) is 39.4 Å². The average molecular weight is 390 g/mol. The summed E-state index contributed by atoms with van der Waals surface area (Å²) in [6, 6.07) is 1.99. The zero-order valence-electron chi connectivity index (χ0n) is 9.99. The lowest BCUT2D eigenvalue weighted by Crippen LogP contribution is -1.88. The second kappa shape index (κ2) is 5.52. The molecule has 0 spiro atoms. The third kappa shape index (κ3) is 2.20. The number of benzene rings is 1. The van der Waals surface area contributed by atoms with Gasteiger partial charge in [0.2, 0.25) is 0 Å². The standard InChI is InChI=1S/C13H7BrClFN2S2/c1-2-3-6-4-7(19-5-6)8-10(15)11(16)9(14)13-12(8)17-20-18-13/h2,4-5H,1,3H2. The first-order valence-corrected chi connectivity index (χ1v) is 8.39. The van der Waals surface area contributed by atoms with E-state index in [0.717, 1.165) is 28.6 Å². The van der Waals surface area contributed by atoms with Crippen molar-refractivity contribution < 1.29 is 4.39 Å². The van der Waals surface area contributed by atoms with Crippen LogP contribution in [-0.4, -0.2) is 8.75 Å². The molecule has 7 heteroatoms. The third-order valence-corrected chi connectivity index (χ3v) is 5.42. The summed E-state index contributed by atoms with van der Waals surface area (Å²) in [4.78, 5) is 0.885. The number of thiophene rings is 1. The molecule has 0 saturated heterocycles. The fraction of sp³-hybridized carbons (Fsp3) is 0.0769. The predicted octanol–water partition coefficient (Wildman–Crippen LogP) is 5.70. The second-order valence-corrected chi connectivity index (χ2v) is 6.70. The Labute approximate surface area is 136 Å². The molecule has 2 heterocycles. The van der Waals surface area contributed by atoms with Gasteiger partial charge in [-0.1, -0.05) is 17.7 Å². The number of nitrogens with zero attached hydrogens (tertiary/aromatic N) is 2. The van der Waals surface area contributed by atoms with Crippen molar-refractivity contribution in [2.24, 2.45) is 0 Å². The molecule has 0 aliphatic heterocycles. The Morgan fingerprint density at radius 1 is 1.40 bits per heavy atom. The highest BCUT2D eigenvalue weighted by Crippen LogP contribution is 2.42. The minimum absolute atomic E-state index is 0.0732. The summed E-state index contributed by atoms with van der Waals surface area (Å²) in [5.41, 5.74) is 2.86. The smallest absolute Gasteiger partial charge is 0.159 e. The maximum Gasteiger partial charge on any atom is 0.159 e. The van der Waals surface area contributed by atoms with E-state index in [1.807, 2.05) is 17.5 Å². The van der Waals surface area contributed by atoms with Crippen LogP contribution in [0.15, 0.2) is 28.6 Å². The van der Waals surface area contributed by atoms with Crippen LogP contribution < -0.4 is 0 Å². The first-order valence-electron chi connectivity index (χ1n) is 5.61. The van der Waals surface area contributed by atoms with Crippen LogP contribution in [0.3, 0.4) is 0 Å². The summed E-state index contributed by atoms with van der Waals surface area (Å²) in [7, 11) is 0. The monoisotopic (exact) mass is 388 g/mol. The molecule has 0 aliphatic carbocycles. The van der Waals surface area contributed by atoms with Gasteiger partial charge >= 0.3 is 0 Å². The summed E-state index contributed by atoms with van der Waals surface area (Å²) >= 11 is 11.9. The van der Waals surface area contributed by atoms with Crippen LogP contribution >= 0.6 is 50.6 Å². The fourth-order valence-electron chi connectivity index (χ4n) is 1.92. The van der Waals surface area contributed by atoms with Crippen LogP contribution in [0.2, 0.25) is 5.02 Å². The van der Waals surface area contributed by atoms with E-state index in [4.69, 9.17) is 11.6 Å². The van der Waals surface area contributed by atoms with Gasteiger partial charge in [0.05, 0.1) is 21.2 Å². The van der Waals surface area contributed by atoms with Gasteiger partial charge in [0.1, 0.15) is 11.0 Å². The Balaban J connectivity index is 2.29. The molecule has 3 aromatic rings. The van der Waals surface area contributed by atoms with Crippen molar-refractivity contribution in [1.29, 1.82) is 0 Å². The maximum atomic E-state index is 14.2. The van der Waals surface area contributed by atoms with Gasteiger partial charge in [-0.3, -0.25) is 0 Å². The van der Waals surface area contributed by atoms with E-state index >= 15 is 0 Å². The van der Waals surface area contributed by atoms with Crippen LogP contribution in [0, 0.1) is 5.82 Å². The fourth-order valence-corrected chi connectivity index (χ4v) is 4.50. The van der Waals surface area contributed by atoms with Crippen LogP contribution in [0.5, 0.6) is 0 Å². The van der Waals surface area contributed by atoms with Gasteiger partial charge in [-0.2, -0.15) is 8.75 Å². The van der Waals surface area contributed by atoms with E-state index in [9.17, 15) is 4.39 Å². The maximum absolute atomic E-state index is 14.2. The van der Waals surface area contributed by atoms with Crippen molar-refractivity contribution >= 4 is 61.6 Å². The Hall–Kier alpha value is -0.820. The van der Waals surface area contributed by atoms with Gasteiger partial charge in [0.25, 0.3) is 0 Å². The minimum atomic E-state index is -0.500. The zero-order chi connectivity index (χ0) is 14.3. The summed E-state index contributed by atoms with van der Waals surface area (Å²) in [6.07, 6.45) is 2.60. The quantitative estimate of drug-likeness (QED) is 0.424. The van der Waals surface area contributed by atoms with Gasteiger partial charge in [-0.15, -0.1) is 17.9 Å². The molecule has 3 rings (SSSR count). The molecule has 0 unspecified atom stereocenters. The normalized spacial score (nSPS) is 11.2. The first-order chi connectivity index (χ1) is 9.63. The molecule has 2 nitrogen and oxygen atoms in total. The highest BCUT2D eigenvalue weighted by molar-refractivity contribution is 9.10. The molecule has 0 radical (unpaired) electrons. The number of allylic oxidation sites excluding steroid dienone is 1.